The Balaban J connectivity index is 2.16. The molecule has 1 saturated heterocycles. The van der Waals surface area contributed by atoms with E-state index in [1.54, 1.807) is 0 Å². The standard InChI is InChI=1S/C10H9BrF2O/c11-8-3-4-9(12)7(10(8)13)2-1-6-5-14-6/h3-4,6H,1-2,5H2. The van der Waals surface area contributed by atoms with Gasteiger partial charge in [-0.2, -0.15) is 0 Å². The highest BCUT2D eigenvalue weighted by Gasteiger charge is 2.23. The van der Waals surface area contributed by atoms with Crippen LogP contribution in [-0.2, 0) is 11.2 Å². The van der Waals surface area contributed by atoms with Crippen LogP contribution < -0.4 is 0 Å². The molecule has 1 aliphatic heterocycles. The molecule has 0 radical (unpaired) electrons. The van der Waals surface area contributed by atoms with E-state index in [-0.39, 0.29) is 11.7 Å². The molecule has 14 heavy (non-hydrogen) atoms. The summed E-state index contributed by atoms with van der Waals surface area (Å²) in [5, 5.41) is 0. The fourth-order valence-corrected chi connectivity index (χ4v) is 1.71. The maximum absolute atomic E-state index is 13.4. The first kappa shape index (κ1) is 10.1. The lowest BCUT2D eigenvalue weighted by molar-refractivity contribution is 0.394. The van der Waals surface area contributed by atoms with Crippen molar-refractivity contribution in [3.05, 3.63) is 33.8 Å². The van der Waals surface area contributed by atoms with Gasteiger partial charge in [-0.25, -0.2) is 8.78 Å². The molecule has 2 rings (SSSR count). The monoisotopic (exact) mass is 262 g/mol. The average Bonchev–Trinajstić information content (AvgIpc) is 2.95. The number of benzene rings is 1. The zero-order valence-electron chi connectivity index (χ0n) is 7.40. The van der Waals surface area contributed by atoms with Crippen LogP contribution in [0.3, 0.4) is 0 Å². The molecule has 0 aromatic heterocycles. The second-order valence-electron chi connectivity index (χ2n) is 3.32. The van der Waals surface area contributed by atoms with Gasteiger partial charge in [-0.1, -0.05) is 0 Å². The van der Waals surface area contributed by atoms with Crippen LogP contribution in [0.2, 0.25) is 0 Å². The molecular weight excluding hydrogens is 254 g/mol. The molecule has 1 atom stereocenters. The summed E-state index contributed by atoms with van der Waals surface area (Å²) in [4.78, 5) is 0. The zero-order chi connectivity index (χ0) is 10.1. The molecule has 0 spiro atoms. The summed E-state index contributed by atoms with van der Waals surface area (Å²) in [5.41, 5.74) is 0.148. The maximum Gasteiger partial charge on any atom is 0.143 e. The fraction of sp³-hybridized carbons (Fsp3) is 0.400. The molecule has 4 heteroatoms. The lowest BCUT2D eigenvalue weighted by Crippen LogP contribution is -1.99. The molecule has 1 heterocycles. The normalized spacial score (nSPS) is 19.8. The summed E-state index contributed by atoms with van der Waals surface area (Å²) in [6, 6.07) is 2.65. The lowest BCUT2D eigenvalue weighted by atomic mass is 10.1. The zero-order valence-corrected chi connectivity index (χ0v) is 8.98. The smallest absolute Gasteiger partial charge is 0.143 e. The van der Waals surface area contributed by atoms with Gasteiger partial charge in [-0.05, 0) is 40.9 Å². The first-order valence-corrected chi connectivity index (χ1v) is 5.22. The Morgan fingerprint density at radius 2 is 2.14 bits per heavy atom. The molecule has 76 valence electrons. The highest BCUT2D eigenvalue weighted by molar-refractivity contribution is 9.10. The predicted octanol–water partition coefficient (Wildman–Crippen LogP) is 3.06. The van der Waals surface area contributed by atoms with Crippen molar-refractivity contribution < 1.29 is 13.5 Å². The van der Waals surface area contributed by atoms with E-state index < -0.39 is 11.6 Å². The Kier molecular flexibility index (Phi) is 2.83. The third kappa shape index (κ3) is 2.12. The Morgan fingerprint density at radius 1 is 1.43 bits per heavy atom. The second kappa shape index (κ2) is 3.95. The Hall–Kier alpha value is -0.480. The van der Waals surface area contributed by atoms with Gasteiger partial charge in [0.2, 0.25) is 0 Å². The second-order valence-corrected chi connectivity index (χ2v) is 4.17. The summed E-state index contributed by atoms with van der Waals surface area (Å²) in [6.45, 7) is 0.719. The summed E-state index contributed by atoms with van der Waals surface area (Å²) in [7, 11) is 0. The van der Waals surface area contributed by atoms with E-state index in [0.717, 1.165) is 6.61 Å². The predicted molar refractivity (Wildman–Crippen MR) is 52.1 cm³/mol. The third-order valence-corrected chi connectivity index (χ3v) is 2.87. The van der Waals surface area contributed by atoms with Gasteiger partial charge in [0.25, 0.3) is 0 Å². The van der Waals surface area contributed by atoms with Gasteiger partial charge in [0, 0.05) is 5.56 Å². The Labute approximate surface area is 89.2 Å². The number of halogens is 3. The minimum absolute atomic E-state index is 0.148. The first-order valence-electron chi connectivity index (χ1n) is 4.42. The van der Waals surface area contributed by atoms with Gasteiger partial charge in [-0.3, -0.25) is 0 Å². The van der Waals surface area contributed by atoms with E-state index in [1.807, 2.05) is 0 Å². The topological polar surface area (TPSA) is 12.5 Å². The van der Waals surface area contributed by atoms with Crippen LogP contribution in [0.25, 0.3) is 0 Å². The van der Waals surface area contributed by atoms with Crippen molar-refractivity contribution in [3.63, 3.8) is 0 Å². The van der Waals surface area contributed by atoms with Crippen molar-refractivity contribution >= 4 is 15.9 Å². The highest BCUT2D eigenvalue weighted by atomic mass is 79.9. The van der Waals surface area contributed by atoms with Crippen LogP contribution in [0.4, 0.5) is 8.78 Å². The van der Waals surface area contributed by atoms with Crippen LogP contribution >= 0.6 is 15.9 Å². The molecule has 1 unspecified atom stereocenters. The molecule has 1 aromatic carbocycles. The van der Waals surface area contributed by atoms with E-state index >= 15 is 0 Å². The van der Waals surface area contributed by atoms with Gasteiger partial charge in [0.15, 0.2) is 0 Å². The van der Waals surface area contributed by atoms with Crippen molar-refractivity contribution in [1.82, 2.24) is 0 Å². The molecule has 1 aliphatic rings. The summed E-state index contributed by atoms with van der Waals surface area (Å²) >= 11 is 3.03. The van der Waals surface area contributed by atoms with E-state index in [1.165, 1.54) is 12.1 Å². The number of hydrogen-bond acceptors (Lipinski definition) is 1. The molecule has 0 N–H and O–H groups in total. The molecule has 0 saturated carbocycles. The van der Waals surface area contributed by atoms with E-state index in [0.29, 0.717) is 17.3 Å². The molecule has 0 amide bonds. The van der Waals surface area contributed by atoms with Gasteiger partial charge in [0.05, 0.1) is 17.2 Å². The number of rotatable bonds is 3. The van der Waals surface area contributed by atoms with E-state index in [9.17, 15) is 8.78 Å². The molecule has 1 nitrogen and oxygen atoms in total. The van der Waals surface area contributed by atoms with Crippen LogP contribution in [-0.4, -0.2) is 12.7 Å². The highest BCUT2D eigenvalue weighted by Crippen LogP contribution is 2.25. The minimum atomic E-state index is -0.495. The maximum atomic E-state index is 13.4. The summed E-state index contributed by atoms with van der Waals surface area (Å²) < 4.78 is 31.9. The van der Waals surface area contributed by atoms with Gasteiger partial charge in [-0.15, -0.1) is 0 Å². The van der Waals surface area contributed by atoms with Gasteiger partial charge in [0.1, 0.15) is 11.6 Å². The van der Waals surface area contributed by atoms with Crippen molar-refractivity contribution in [2.75, 3.05) is 6.61 Å². The van der Waals surface area contributed by atoms with Crippen LogP contribution in [0.15, 0.2) is 16.6 Å². The number of ether oxygens (including phenoxy) is 1. The first-order chi connectivity index (χ1) is 6.68. The molecular formula is C10H9BrF2O. The molecule has 0 bridgehead atoms. The quantitative estimate of drug-likeness (QED) is 0.603. The van der Waals surface area contributed by atoms with Crippen molar-refractivity contribution in [2.24, 2.45) is 0 Å². The van der Waals surface area contributed by atoms with Crippen LogP contribution in [0, 0.1) is 11.6 Å². The SMILES string of the molecule is Fc1ccc(Br)c(F)c1CCC1CO1. The van der Waals surface area contributed by atoms with E-state index in [2.05, 4.69) is 15.9 Å². The molecule has 0 aliphatic carbocycles. The van der Waals surface area contributed by atoms with E-state index in [4.69, 9.17) is 4.74 Å². The Bertz CT molecular complexity index is 350. The van der Waals surface area contributed by atoms with Crippen molar-refractivity contribution in [2.45, 2.75) is 18.9 Å². The number of hydrogen-bond donors (Lipinski definition) is 0. The molecule has 1 fully saturated rings. The van der Waals surface area contributed by atoms with Crippen molar-refractivity contribution in [1.29, 1.82) is 0 Å². The Morgan fingerprint density at radius 3 is 2.79 bits per heavy atom. The summed E-state index contributed by atoms with van der Waals surface area (Å²) in [6.07, 6.45) is 1.28. The largest absolute Gasteiger partial charge is 0.373 e. The molecule has 1 aromatic rings. The van der Waals surface area contributed by atoms with Gasteiger partial charge < -0.3 is 4.74 Å². The average molecular weight is 263 g/mol. The lowest BCUT2D eigenvalue weighted by Gasteiger charge is -2.04. The summed E-state index contributed by atoms with van der Waals surface area (Å²) in [5.74, 6) is -0.975. The van der Waals surface area contributed by atoms with Crippen LogP contribution in [0.5, 0.6) is 0 Å². The number of epoxide rings is 1. The van der Waals surface area contributed by atoms with Crippen LogP contribution in [0.1, 0.15) is 12.0 Å². The van der Waals surface area contributed by atoms with Crippen molar-refractivity contribution in [3.8, 4) is 0 Å². The fourth-order valence-electron chi connectivity index (χ4n) is 1.34. The van der Waals surface area contributed by atoms with Gasteiger partial charge >= 0.3 is 0 Å². The minimum Gasteiger partial charge on any atom is -0.373 e. The third-order valence-electron chi connectivity index (χ3n) is 2.26.